The Morgan fingerprint density at radius 1 is 1.22 bits per heavy atom. The van der Waals surface area contributed by atoms with Crippen molar-refractivity contribution in [3.05, 3.63) is 93.1 Å². The molecule has 27 heavy (non-hydrogen) atoms. The van der Waals surface area contributed by atoms with Crippen molar-refractivity contribution in [3.8, 4) is 0 Å². The molecule has 0 aliphatic carbocycles. The van der Waals surface area contributed by atoms with Crippen molar-refractivity contribution in [2.24, 2.45) is 0 Å². The molecule has 0 N–H and O–H groups in total. The van der Waals surface area contributed by atoms with Crippen LogP contribution in [0.5, 0.6) is 0 Å². The SMILES string of the molecule is C=CCN1C(=O)c2oc3cc(C)cc(C)c3c(=O)c2[C@@H]1c1ccccc1F. The molecule has 0 unspecified atom stereocenters. The van der Waals surface area contributed by atoms with Crippen LogP contribution in [0.1, 0.15) is 38.9 Å². The molecule has 5 heteroatoms. The molecule has 0 bridgehead atoms. The number of hydrogen-bond donors (Lipinski definition) is 0. The second-order valence-electron chi connectivity index (χ2n) is 6.80. The number of aryl methyl sites for hydroxylation is 2. The van der Waals surface area contributed by atoms with E-state index in [0.29, 0.717) is 11.0 Å². The van der Waals surface area contributed by atoms with Crippen molar-refractivity contribution < 1.29 is 13.6 Å². The lowest BCUT2D eigenvalue weighted by molar-refractivity contribution is 0.0746. The largest absolute Gasteiger partial charge is 0.450 e. The summed E-state index contributed by atoms with van der Waals surface area (Å²) in [6.07, 6.45) is 1.55. The van der Waals surface area contributed by atoms with Crippen LogP contribution in [0.4, 0.5) is 4.39 Å². The molecule has 1 atom stereocenters. The zero-order chi connectivity index (χ0) is 19.3. The van der Waals surface area contributed by atoms with Crippen molar-refractivity contribution >= 4 is 16.9 Å². The van der Waals surface area contributed by atoms with Crippen LogP contribution in [0.15, 0.2) is 58.3 Å². The van der Waals surface area contributed by atoms with Gasteiger partial charge in [0.1, 0.15) is 11.4 Å². The minimum absolute atomic E-state index is 0.0207. The van der Waals surface area contributed by atoms with Gasteiger partial charge in [-0.05, 0) is 37.1 Å². The van der Waals surface area contributed by atoms with E-state index < -0.39 is 17.8 Å². The first-order valence-corrected chi connectivity index (χ1v) is 8.68. The summed E-state index contributed by atoms with van der Waals surface area (Å²) in [6, 6.07) is 8.96. The summed E-state index contributed by atoms with van der Waals surface area (Å²) >= 11 is 0. The van der Waals surface area contributed by atoms with Gasteiger partial charge in [-0.15, -0.1) is 6.58 Å². The highest BCUT2D eigenvalue weighted by molar-refractivity contribution is 5.99. The molecule has 1 amide bonds. The number of fused-ring (bicyclic) bond motifs is 2. The van der Waals surface area contributed by atoms with Crippen LogP contribution >= 0.6 is 0 Å². The number of carbonyl (C=O) groups excluding carboxylic acids is 1. The second-order valence-corrected chi connectivity index (χ2v) is 6.80. The van der Waals surface area contributed by atoms with E-state index >= 15 is 0 Å². The Bertz CT molecular complexity index is 1160. The minimum atomic E-state index is -0.840. The Morgan fingerprint density at radius 3 is 2.67 bits per heavy atom. The van der Waals surface area contributed by atoms with E-state index in [2.05, 4.69) is 6.58 Å². The summed E-state index contributed by atoms with van der Waals surface area (Å²) in [5, 5.41) is 0.425. The maximum atomic E-state index is 14.6. The molecule has 0 saturated heterocycles. The first kappa shape index (κ1) is 17.2. The van der Waals surface area contributed by atoms with E-state index in [9.17, 15) is 14.0 Å². The quantitative estimate of drug-likeness (QED) is 0.653. The van der Waals surface area contributed by atoms with Gasteiger partial charge in [-0.1, -0.05) is 30.3 Å². The molecule has 3 aromatic rings. The number of benzene rings is 2. The van der Waals surface area contributed by atoms with Crippen molar-refractivity contribution in [2.45, 2.75) is 19.9 Å². The lowest BCUT2D eigenvalue weighted by Crippen LogP contribution is -2.30. The predicted molar refractivity (Wildman–Crippen MR) is 101 cm³/mol. The van der Waals surface area contributed by atoms with Gasteiger partial charge < -0.3 is 9.32 Å². The molecular weight excluding hydrogens is 345 g/mol. The van der Waals surface area contributed by atoms with Gasteiger partial charge in [-0.25, -0.2) is 4.39 Å². The first-order valence-electron chi connectivity index (χ1n) is 8.68. The molecule has 0 saturated carbocycles. The lowest BCUT2D eigenvalue weighted by Gasteiger charge is -2.24. The van der Waals surface area contributed by atoms with Crippen LogP contribution in [0.25, 0.3) is 11.0 Å². The van der Waals surface area contributed by atoms with E-state index in [1.165, 1.54) is 11.0 Å². The van der Waals surface area contributed by atoms with E-state index in [0.717, 1.165) is 11.1 Å². The highest BCUT2D eigenvalue weighted by Crippen LogP contribution is 2.39. The number of nitrogens with zero attached hydrogens (tertiary/aromatic N) is 1. The molecule has 2 heterocycles. The van der Waals surface area contributed by atoms with Crippen molar-refractivity contribution in [3.63, 3.8) is 0 Å². The molecule has 2 aromatic carbocycles. The maximum absolute atomic E-state index is 14.6. The highest BCUT2D eigenvalue weighted by atomic mass is 19.1. The van der Waals surface area contributed by atoms with Gasteiger partial charge in [0.2, 0.25) is 5.76 Å². The van der Waals surface area contributed by atoms with Crippen LogP contribution in [-0.4, -0.2) is 17.4 Å². The van der Waals surface area contributed by atoms with Crippen LogP contribution in [0, 0.1) is 19.7 Å². The van der Waals surface area contributed by atoms with Gasteiger partial charge in [-0.3, -0.25) is 9.59 Å². The first-order chi connectivity index (χ1) is 12.9. The Morgan fingerprint density at radius 2 is 1.96 bits per heavy atom. The molecule has 4 nitrogen and oxygen atoms in total. The number of carbonyl (C=O) groups is 1. The molecule has 1 aliphatic rings. The van der Waals surface area contributed by atoms with Crippen LogP contribution < -0.4 is 5.43 Å². The van der Waals surface area contributed by atoms with Gasteiger partial charge in [-0.2, -0.15) is 0 Å². The zero-order valence-electron chi connectivity index (χ0n) is 15.1. The third kappa shape index (κ3) is 2.50. The zero-order valence-corrected chi connectivity index (χ0v) is 15.1. The average molecular weight is 363 g/mol. The molecule has 136 valence electrons. The van der Waals surface area contributed by atoms with Crippen molar-refractivity contribution in [1.82, 2.24) is 4.90 Å². The number of rotatable bonds is 3. The van der Waals surface area contributed by atoms with Gasteiger partial charge in [0.05, 0.1) is 17.0 Å². The maximum Gasteiger partial charge on any atom is 0.291 e. The fourth-order valence-electron chi connectivity index (χ4n) is 3.86. The number of hydrogen-bond acceptors (Lipinski definition) is 3. The van der Waals surface area contributed by atoms with E-state index in [1.807, 2.05) is 19.9 Å². The van der Waals surface area contributed by atoms with E-state index in [-0.39, 0.29) is 28.9 Å². The molecule has 0 radical (unpaired) electrons. The predicted octanol–water partition coefficient (Wildman–Crippen LogP) is 4.28. The van der Waals surface area contributed by atoms with Gasteiger partial charge >= 0.3 is 0 Å². The Labute approximate surface area is 155 Å². The van der Waals surface area contributed by atoms with Crippen molar-refractivity contribution in [1.29, 1.82) is 0 Å². The normalized spacial score (nSPS) is 16.0. The topological polar surface area (TPSA) is 50.5 Å². The van der Waals surface area contributed by atoms with Gasteiger partial charge in [0.25, 0.3) is 5.91 Å². The molecule has 0 fully saturated rings. The summed E-state index contributed by atoms with van der Waals surface area (Å²) in [6.45, 7) is 7.58. The summed E-state index contributed by atoms with van der Waals surface area (Å²) in [5.74, 6) is -0.929. The monoisotopic (exact) mass is 363 g/mol. The van der Waals surface area contributed by atoms with E-state index in [4.69, 9.17) is 4.42 Å². The van der Waals surface area contributed by atoms with Crippen LogP contribution in [-0.2, 0) is 0 Å². The fourth-order valence-corrected chi connectivity index (χ4v) is 3.86. The molecule has 0 spiro atoms. The summed E-state index contributed by atoms with van der Waals surface area (Å²) in [4.78, 5) is 27.7. The standard InChI is InChI=1S/C22H18FNO3/c1-4-9-24-19(14-7-5-6-8-15(14)23)18-20(25)17-13(3)10-12(2)11-16(17)27-21(18)22(24)26/h4-8,10-11,19H,1,9H2,2-3H3/t19-/m0/s1. The minimum Gasteiger partial charge on any atom is -0.450 e. The van der Waals surface area contributed by atoms with E-state index in [1.54, 1.807) is 30.3 Å². The molecule has 1 aliphatic heterocycles. The average Bonchev–Trinajstić information content (AvgIpc) is 2.88. The Hall–Kier alpha value is -3.21. The molecule has 1 aromatic heterocycles. The van der Waals surface area contributed by atoms with Crippen molar-refractivity contribution in [2.75, 3.05) is 6.54 Å². The van der Waals surface area contributed by atoms with Crippen LogP contribution in [0.3, 0.4) is 0 Å². The highest BCUT2D eigenvalue weighted by Gasteiger charge is 2.43. The summed E-state index contributed by atoms with van der Waals surface area (Å²) in [7, 11) is 0. The Balaban J connectivity index is 2.09. The molecular formula is C22H18FNO3. The Kier molecular flexibility index (Phi) is 3.95. The van der Waals surface area contributed by atoms with Crippen LogP contribution in [0.2, 0.25) is 0 Å². The third-order valence-electron chi connectivity index (χ3n) is 4.94. The smallest absolute Gasteiger partial charge is 0.291 e. The van der Waals surface area contributed by atoms with Gasteiger partial charge in [0, 0.05) is 12.1 Å². The molecule has 4 rings (SSSR count). The number of amides is 1. The third-order valence-corrected chi connectivity index (χ3v) is 4.94. The second kappa shape index (κ2) is 6.20. The fraction of sp³-hybridized carbons (Fsp3) is 0.182. The van der Waals surface area contributed by atoms with Gasteiger partial charge in [0.15, 0.2) is 5.43 Å². The number of halogens is 1. The summed E-state index contributed by atoms with van der Waals surface area (Å²) < 4.78 is 20.4. The summed E-state index contributed by atoms with van der Waals surface area (Å²) in [5.41, 5.74) is 2.23. The lowest BCUT2D eigenvalue weighted by atomic mass is 9.96.